The number of hydrogen-bond donors (Lipinski definition) is 3. The number of ether oxygens (including phenoxy) is 10. The Balaban J connectivity index is 1.64. The van der Waals surface area contributed by atoms with Crippen molar-refractivity contribution in [3.8, 4) is 5.75 Å². The van der Waals surface area contributed by atoms with Gasteiger partial charge < -0.3 is 67.6 Å². The van der Waals surface area contributed by atoms with E-state index in [9.17, 15) is 15.3 Å². The molecule has 1 aromatic rings. The van der Waals surface area contributed by atoms with Crippen LogP contribution in [0.3, 0.4) is 0 Å². The monoisotopic (exact) mass is 617 g/mol. The van der Waals surface area contributed by atoms with Gasteiger partial charge in [0.05, 0.1) is 78.6 Å². The summed E-state index contributed by atoms with van der Waals surface area (Å²) in [6.07, 6.45) is -0.850. The molecule has 1 aromatic carbocycles. The molecule has 0 aliphatic carbocycles. The summed E-state index contributed by atoms with van der Waals surface area (Å²) in [6.45, 7) is 9.84. The third kappa shape index (κ3) is 18.0. The molecule has 1 fully saturated rings. The summed E-state index contributed by atoms with van der Waals surface area (Å²) in [5, 5.41) is 30.3. The van der Waals surface area contributed by atoms with Crippen LogP contribution in [0.4, 0.5) is 5.69 Å². The molecule has 4 atom stereocenters. The molecule has 0 spiro atoms. The van der Waals surface area contributed by atoms with Crippen LogP contribution in [-0.4, -0.2) is 139 Å². The molecule has 1 aliphatic rings. The van der Waals surface area contributed by atoms with Gasteiger partial charge in [0.15, 0.2) is 20.4 Å². The van der Waals surface area contributed by atoms with E-state index in [1.807, 2.05) is 24.3 Å². The number of anilines is 1. The molecule has 0 bridgehead atoms. The Hall–Kier alpha value is -2.50. The lowest BCUT2D eigenvalue weighted by molar-refractivity contribution is -0.122. The first kappa shape index (κ1) is 36.7. The van der Waals surface area contributed by atoms with Gasteiger partial charge in [-0.3, -0.25) is 0 Å². The molecule has 0 radical (unpaired) electrons. The maximum atomic E-state index is 10.2. The van der Waals surface area contributed by atoms with Gasteiger partial charge in [-0.1, -0.05) is 13.2 Å². The molecule has 1 aliphatic heterocycles. The average Bonchev–Trinajstić information content (AvgIpc) is 3.03. The van der Waals surface area contributed by atoms with Gasteiger partial charge in [-0.15, -0.1) is 0 Å². The maximum Gasteiger partial charge on any atom is 0.189 e. The van der Waals surface area contributed by atoms with Crippen LogP contribution in [-0.2, 0) is 42.6 Å². The molecule has 1 saturated heterocycles. The molecule has 14 heteroatoms. The first-order valence-corrected chi connectivity index (χ1v) is 14.1. The summed E-state index contributed by atoms with van der Waals surface area (Å²) in [5.74, 6) is 0.658. The van der Waals surface area contributed by atoms with Gasteiger partial charge >= 0.3 is 0 Å². The van der Waals surface area contributed by atoms with Crippen LogP contribution in [0.25, 0.3) is 0 Å². The lowest BCUT2D eigenvalue weighted by Crippen LogP contribution is -2.36. The van der Waals surface area contributed by atoms with Gasteiger partial charge in [0.1, 0.15) is 30.2 Å². The third-order valence-electron chi connectivity index (χ3n) is 5.74. The zero-order valence-electron chi connectivity index (χ0n) is 24.7. The van der Waals surface area contributed by atoms with Crippen molar-refractivity contribution in [2.45, 2.75) is 24.4 Å². The lowest BCUT2D eigenvalue weighted by atomic mass is 10.2. The van der Waals surface area contributed by atoms with E-state index in [2.05, 4.69) is 18.1 Å². The highest BCUT2D eigenvalue weighted by Gasteiger charge is 2.16. The largest absolute Gasteiger partial charge is 0.476 e. The van der Waals surface area contributed by atoms with Crippen molar-refractivity contribution < 1.29 is 62.7 Å². The van der Waals surface area contributed by atoms with E-state index in [4.69, 9.17) is 47.4 Å². The fourth-order valence-electron chi connectivity index (χ4n) is 3.64. The Morgan fingerprint density at radius 3 is 1.70 bits per heavy atom. The van der Waals surface area contributed by atoms with Crippen LogP contribution in [0.1, 0.15) is 0 Å². The fraction of sp³-hybridized carbons (Fsp3) is 0.655. The molecule has 14 nitrogen and oxygen atoms in total. The van der Waals surface area contributed by atoms with E-state index in [-0.39, 0.29) is 73.2 Å². The summed E-state index contributed by atoms with van der Waals surface area (Å²) in [5.41, 5.74) is 1.11. The van der Waals surface area contributed by atoms with Crippen LogP contribution in [0, 0.1) is 0 Å². The van der Waals surface area contributed by atoms with Gasteiger partial charge in [0, 0.05) is 18.8 Å². The summed E-state index contributed by atoms with van der Waals surface area (Å²) < 4.78 is 53.2. The predicted octanol–water partition coefficient (Wildman–Crippen LogP) is 0.646. The lowest BCUT2D eigenvalue weighted by Gasteiger charge is -2.28. The van der Waals surface area contributed by atoms with Crippen LogP contribution < -0.4 is 9.64 Å². The second-order valence-electron chi connectivity index (χ2n) is 9.36. The Morgan fingerprint density at radius 1 is 0.674 bits per heavy atom. The number of aliphatic hydroxyl groups excluding tert-OH is 3. The Labute approximate surface area is 253 Å². The number of aliphatic hydroxyl groups is 3. The molecular formula is C29H47NO13. The molecule has 246 valence electrons. The highest BCUT2D eigenvalue weighted by Crippen LogP contribution is 2.20. The predicted molar refractivity (Wildman–Crippen MR) is 155 cm³/mol. The second-order valence-corrected chi connectivity index (χ2v) is 9.36. The molecule has 2 rings (SSSR count). The van der Waals surface area contributed by atoms with Crippen molar-refractivity contribution in [1.29, 1.82) is 0 Å². The third-order valence-corrected chi connectivity index (χ3v) is 5.74. The minimum absolute atomic E-state index is 0.00151. The van der Waals surface area contributed by atoms with Crippen molar-refractivity contribution in [3.63, 3.8) is 0 Å². The summed E-state index contributed by atoms with van der Waals surface area (Å²) >= 11 is 0. The standard InChI is InChI=1S/C29H47NO13/c1-3-34-21-39-15-25(31)13-37-19-29(42-18-27(33)17-40-22-35-4-2)20-38-14-26(32)16-41-23-43-28-7-5-24(6-8-28)30-9-11-36-12-10-30/h3-8,25-27,29,31-33H,1-2,9-23H2. The number of rotatable bonds is 27. The van der Waals surface area contributed by atoms with Crippen molar-refractivity contribution in [1.82, 2.24) is 0 Å². The van der Waals surface area contributed by atoms with E-state index in [1.54, 1.807) is 0 Å². The quantitative estimate of drug-likeness (QED) is 0.0718. The number of morpholine rings is 1. The van der Waals surface area contributed by atoms with Gasteiger partial charge in [-0.05, 0) is 24.3 Å². The normalized spacial score (nSPS) is 16.2. The highest BCUT2D eigenvalue weighted by molar-refractivity contribution is 5.49. The molecule has 43 heavy (non-hydrogen) atoms. The smallest absolute Gasteiger partial charge is 0.189 e. The van der Waals surface area contributed by atoms with E-state index in [1.165, 1.54) is 12.5 Å². The molecule has 0 amide bonds. The Kier molecular flexibility index (Phi) is 20.4. The Morgan fingerprint density at radius 2 is 1.16 bits per heavy atom. The summed E-state index contributed by atoms with van der Waals surface area (Å²) in [6, 6.07) is 7.72. The molecule has 0 saturated carbocycles. The molecule has 4 unspecified atom stereocenters. The first-order chi connectivity index (χ1) is 21.0. The summed E-state index contributed by atoms with van der Waals surface area (Å²) in [7, 11) is 0. The minimum Gasteiger partial charge on any atom is -0.476 e. The molecular weight excluding hydrogens is 570 g/mol. The zero-order chi connectivity index (χ0) is 31.0. The van der Waals surface area contributed by atoms with Gasteiger partial charge in [0.25, 0.3) is 0 Å². The number of hydrogen-bond acceptors (Lipinski definition) is 14. The van der Waals surface area contributed by atoms with E-state index >= 15 is 0 Å². The molecule has 3 N–H and O–H groups in total. The average molecular weight is 618 g/mol. The Bertz CT molecular complexity index is 825. The van der Waals surface area contributed by atoms with Gasteiger partial charge in [0.2, 0.25) is 0 Å². The fourth-order valence-corrected chi connectivity index (χ4v) is 3.64. The van der Waals surface area contributed by atoms with Gasteiger partial charge in [-0.2, -0.15) is 0 Å². The topological polar surface area (TPSA) is 156 Å². The maximum absolute atomic E-state index is 10.2. The van der Waals surface area contributed by atoms with Crippen molar-refractivity contribution in [2.24, 2.45) is 0 Å². The van der Waals surface area contributed by atoms with Crippen LogP contribution >= 0.6 is 0 Å². The van der Waals surface area contributed by atoms with E-state index < -0.39 is 24.4 Å². The first-order valence-electron chi connectivity index (χ1n) is 14.1. The van der Waals surface area contributed by atoms with Crippen molar-refractivity contribution in [2.75, 3.05) is 104 Å². The van der Waals surface area contributed by atoms with Crippen molar-refractivity contribution in [3.05, 3.63) is 49.9 Å². The van der Waals surface area contributed by atoms with Crippen LogP contribution in [0.15, 0.2) is 49.9 Å². The van der Waals surface area contributed by atoms with Crippen LogP contribution in [0.2, 0.25) is 0 Å². The van der Waals surface area contributed by atoms with E-state index in [0.717, 1.165) is 32.0 Å². The zero-order valence-corrected chi connectivity index (χ0v) is 24.7. The number of nitrogens with zero attached hydrogens (tertiary/aromatic N) is 1. The highest BCUT2D eigenvalue weighted by atomic mass is 16.7. The number of benzene rings is 1. The second kappa shape index (κ2) is 23.9. The summed E-state index contributed by atoms with van der Waals surface area (Å²) in [4.78, 5) is 2.25. The van der Waals surface area contributed by atoms with E-state index in [0.29, 0.717) is 5.75 Å². The molecule has 0 aromatic heterocycles. The SMILES string of the molecule is C=COCOCC(O)COCC(COCC(O)COCOc1ccc(N2CCOCC2)cc1)OCC(O)COCOC=C. The van der Waals surface area contributed by atoms with Crippen molar-refractivity contribution >= 4 is 5.69 Å². The molecule has 1 heterocycles. The van der Waals surface area contributed by atoms with Crippen LogP contribution in [0.5, 0.6) is 5.75 Å². The minimum atomic E-state index is -0.922. The van der Waals surface area contributed by atoms with Gasteiger partial charge in [-0.25, -0.2) is 0 Å².